The molecular weight excluding hydrogens is 434 g/mol. The zero-order valence-corrected chi connectivity index (χ0v) is 21.2. The van der Waals surface area contributed by atoms with Crippen molar-refractivity contribution in [3.05, 3.63) is 142 Å². The van der Waals surface area contributed by atoms with E-state index in [4.69, 9.17) is 0 Å². The van der Waals surface area contributed by atoms with Crippen LogP contribution in [0.4, 0.5) is 0 Å². The van der Waals surface area contributed by atoms with E-state index in [-0.39, 0.29) is 0 Å². The molecule has 0 radical (unpaired) electrons. The average Bonchev–Trinajstić information content (AvgIpc) is 3.20. The first kappa shape index (κ1) is 23.8. The molecule has 2 aliphatic rings. The van der Waals surface area contributed by atoms with E-state index in [0.717, 1.165) is 25.8 Å². The van der Waals surface area contributed by atoms with Crippen LogP contribution in [0.2, 0.25) is 0 Å². The van der Waals surface area contributed by atoms with Gasteiger partial charge in [-0.2, -0.15) is 0 Å². The Morgan fingerprint density at radius 2 is 1.06 bits per heavy atom. The third-order valence-electron chi connectivity index (χ3n) is 6.89. The number of aryl methyl sites for hydroxylation is 2. The summed E-state index contributed by atoms with van der Waals surface area (Å²) in [6, 6.07) is 34.6. The minimum atomic E-state index is 1.09. The highest BCUT2D eigenvalue weighted by atomic mass is 15.0. The molecule has 0 spiro atoms. The molecule has 0 saturated heterocycles. The van der Waals surface area contributed by atoms with Gasteiger partial charge in [0.05, 0.1) is 0 Å². The number of rotatable bonds is 3. The van der Waals surface area contributed by atoms with E-state index in [0.29, 0.717) is 0 Å². The summed E-state index contributed by atoms with van der Waals surface area (Å²) in [6.45, 7) is 1.09. The number of fused-ring (bicyclic) bond motifs is 5. The van der Waals surface area contributed by atoms with Crippen molar-refractivity contribution in [3.8, 4) is 11.1 Å². The van der Waals surface area contributed by atoms with Crippen LogP contribution in [0.1, 0.15) is 39.8 Å². The van der Waals surface area contributed by atoms with E-state index in [1.54, 1.807) is 0 Å². The van der Waals surface area contributed by atoms with E-state index in [1.165, 1.54) is 50.1 Å². The maximum absolute atomic E-state index is 3.21. The fourth-order valence-electron chi connectivity index (χ4n) is 5.06. The van der Waals surface area contributed by atoms with Crippen LogP contribution in [0.15, 0.2) is 109 Å². The molecule has 36 heavy (non-hydrogen) atoms. The molecule has 0 saturated carbocycles. The first-order valence-electron chi connectivity index (χ1n) is 12.8. The minimum Gasteiger partial charge on any atom is -0.309 e. The van der Waals surface area contributed by atoms with Gasteiger partial charge in [-0.05, 0) is 95.6 Å². The fourth-order valence-corrected chi connectivity index (χ4v) is 5.06. The fraction of sp³-hybridized carbons (Fsp3) is 0.171. The molecule has 178 valence electrons. The lowest BCUT2D eigenvalue weighted by molar-refractivity contribution is 0.417. The largest absolute Gasteiger partial charge is 0.309 e. The molecule has 6 rings (SSSR count). The standard InChI is InChI=1S/C20H23N.C15H10/c1-21(2)15-7-12-20-18-10-5-3-8-16(18)13-14-17-9-4-6-11-19(17)20;1-3-10-14-12(6-1)8-5-9-13-7-2-4-11-15(13)14/h3-6,8-12H,7,13-15H2,1-2H3;1-4,6-11H. The first-order chi connectivity index (χ1) is 17.7. The molecule has 0 heterocycles. The summed E-state index contributed by atoms with van der Waals surface area (Å²) in [4.78, 5) is 2.24. The minimum absolute atomic E-state index is 1.09. The summed E-state index contributed by atoms with van der Waals surface area (Å²) in [7, 11) is 4.26. The van der Waals surface area contributed by atoms with Crippen molar-refractivity contribution in [1.82, 2.24) is 4.90 Å². The number of benzene rings is 4. The van der Waals surface area contributed by atoms with Crippen LogP contribution in [0.3, 0.4) is 0 Å². The zero-order chi connectivity index (χ0) is 24.7. The van der Waals surface area contributed by atoms with Gasteiger partial charge in [0.25, 0.3) is 0 Å². The van der Waals surface area contributed by atoms with Crippen LogP contribution in [0.25, 0.3) is 28.9 Å². The Morgan fingerprint density at radius 1 is 0.611 bits per heavy atom. The van der Waals surface area contributed by atoms with Gasteiger partial charge in [0, 0.05) is 6.54 Å². The topological polar surface area (TPSA) is 3.24 Å². The summed E-state index contributed by atoms with van der Waals surface area (Å²) in [5, 5.41) is 0. The van der Waals surface area contributed by atoms with Gasteiger partial charge < -0.3 is 4.90 Å². The maximum Gasteiger partial charge on any atom is 0.00101 e. The van der Waals surface area contributed by atoms with Crippen LogP contribution in [0, 0.1) is 0 Å². The summed E-state index contributed by atoms with van der Waals surface area (Å²) in [5.41, 5.74) is 15.5. The Morgan fingerprint density at radius 3 is 1.56 bits per heavy atom. The summed E-state index contributed by atoms with van der Waals surface area (Å²) < 4.78 is 0. The highest BCUT2D eigenvalue weighted by Crippen LogP contribution is 2.34. The smallest absolute Gasteiger partial charge is 0.00101 e. The van der Waals surface area contributed by atoms with Crippen LogP contribution in [-0.4, -0.2) is 25.5 Å². The van der Waals surface area contributed by atoms with Crippen molar-refractivity contribution >= 4 is 17.7 Å². The Labute approximate surface area is 215 Å². The van der Waals surface area contributed by atoms with Gasteiger partial charge in [-0.15, -0.1) is 5.73 Å². The molecule has 0 amide bonds. The molecule has 1 nitrogen and oxygen atoms in total. The van der Waals surface area contributed by atoms with E-state index in [1.807, 2.05) is 12.2 Å². The van der Waals surface area contributed by atoms with Crippen LogP contribution >= 0.6 is 0 Å². The Balaban J connectivity index is 0.000000156. The van der Waals surface area contributed by atoms with Gasteiger partial charge in [-0.3, -0.25) is 0 Å². The summed E-state index contributed by atoms with van der Waals surface area (Å²) in [6.07, 6.45) is 9.86. The predicted octanol–water partition coefficient (Wildman–Crippen LogP) is 8.16. The maximum atomic E-state index is 3.21. The normalized spacial score (nSPS) is 12.8. The Kier molecular flexibility index (Phi) is 7.43. The molecule has 2 aliphatic carbocycles. The molecule has 0 atom stereocenters. The van der Waals surface area contributed by atoms with Gasteiger partial charge in [-0.25, -0.2) is 0 Å². The highest BCUT2D eigenvalue weighted by molar-refractivity contribution is 5.85. The third kappa shape index (κ3) is 5.34. The SMILES string of the molecule is C1=Cc2ccccc2-c2ccccc2C=1.CN(C)CCC=C1c2ccccc2CCc2ccccc21. The molecule has 4 aromatic rings. The lowest BCUT2D eigenvalue weighted by atomic mass is 9.93. The second kappa shape index (κ2) is 11.2. The third-order valence-corrected chi connectivity index (χ3v) is 6.89. The van der Waals surface area contributed by atoms with Crippen LogP contribution < -0.4 is 0 Å². The van der Waals surface area contributed by atoms with Crippen LogP contribution in [0.5, 0.6) is 0 Å². The van der Waals surface area contributed by atoms with Crippen molar-refractivity contribution < 1.29 is 0 Å². The monoisotopic (exact) mass is 467 g/mol. The van der Waals surface area contributed by atoms with Gasteiger partial charge in [0.2, 0.25) is 0 Å². The van der Waals surface area contributed by atoms with Gasteiger partial charge in [0.1, 0.15) is 0 Å². The number of hydrogen-bond donors (Lipinski definition) is 0. The molecule has 0 fully saturated rings. The van der Waals surface area contributed by atoms with E-state index < -0.39 is 0 Å². The van der Waals surface area contributed by atoms with Crippen LogP contribution in [-0.2, 0) is 12.8 Å². The molecular formula is C35H33N. The molecule has 0 N–H and O–H groups in total. The number of hydrogen-bond acceptors (Lipinski definition) is 1. The molecule has 0 aliphatic heterocycles. The van der Waals surface area contributed by atoms with Gasteiger partial charge in [0.15, 0.2) is 0 Å². The molecule has 0 aromatic heterocycles. The lowest BCUT2D eigenvalue weighted by Crippen LogP contribution is -2.12. The molecule has 1 heteroatoms. The average molecular weight is 468 g/mol. The molecule has 4 aromatic carbocycles. The second-order valence-corrected chi connectivity index (χ2v) is 9.65. The summed E-state index contributed by atoms with van der Waals surface area (Å²) >= 11 is 0. The van der Waals surface area contributed by atoms with Crippen molar-refractivity contribution in [3.63, 3.8) is 0 Å². The van der Waals surface area contributed by atoms with E-state index in [9.17, 15) is 0 Å². The first-order valence-corrected chi connectivity index (χ1v) is 12.8. The van der Waals surface area contributed by atoms with E-state index >= 15 is 0 Å². The summed E-state index contributed by atoms with van der Waals surface area (Å²) in [5.74, 6) is 0. The zero-order valence-electron chi connectivity index (χ0n) is 21.2. The Hall–Kier alpha value is -3.90. The number of nitrogens with zero attached hydrogens (tertiary/aromatic N) is 1. The molecule has 0 unspecified atom stereocenters. The molecule has 0 bridgehead atoms. The van der Waals surface area contributed by atoms with Crippen molar-refractivity contribution in [2.45, 2.75) is 19.3 Å². The van der Waals surface area contributed by atoms with Gasteiger partial charge in [-0.1, -0.05) is 103 Å². The Bertz CT molecular complexity index is 1350. The lowest BCUT2D eigenvalue weighted by Gasteiger charge is -2.13. The van der Waals surface area contributed by atoms with Crippen molar-refractivity contribution in [2.75, 3.05) is 20.6 Å². The van der Waals surface area contributed by atoms with Crippen molar-refractivity contribution in [1.29, 1.82) is 0 Å². The van der Waals surface area contributed by atoms with Crippen molar-refractivity contribution in [2.24, 2.45) is 0 Å². The predicted molar refractivity (Wildman–Crippen MR) is 155 cm³/mol. The second-order valence-electron chi connectivity index (χ2n) is 9.65. The van der Waals surface area contributed by atoms with Gasteiger partial charge >= 0.3 is 0 Å². The highest BCUT2D eigenvalue weighted by Gasteiger charge is 2.17. The van der Waals surface area contributed by atoms with E-state index in [2.05, 4.69) is 128 Å². The quantitative estimate of drug-likeness (QED) is 0.242.